The molecule has 3 nitrogen and oxygen atoms in total. The molecule has 1 unspecified atom stereocenters. The van der Waals surface area contributed by atoms with Crippen LogP contribution >= 0.6 is 0 Å². The number of rotatable bonds is 9. The molecule has 1 rings (SSSR count). The van der Waals surface area contributed by atoms with Crippen LogP contribution in [-0.2, 0) is 0 Å². The van der Waals surface area contributed by atoms with Crippen LogP contribution in [0.5, 0.6) is 5.75 Å². The summed E-state index contributed by atoms with van der Waals surface area (Å²) in [7, 11) is 0. The first-order valence-electron chi connectivity index (χ1n) is 6.71. The molecule has 1 aromatic rings. The Morgan fingerprint density at radius 3 is 2.43 bits per heavy atom. The van der Waals surface area contributed by atoms with Gasteiger partial charge in [-0.25, -0.2) is 4.39 Å². The van der Waals surface area contributed by atoms with Crippen LogP contribution in [0.25, 0.3) is 0 Å². The lowest BCUT2D eigenvalue weighted by atomic mass is 10.2. The summed E-state index contributed by atoms with van der Waals surface area (Å²) in [4.78, 5) is 0. The number of hydrogen-bond acceptors (Lipinski definition) is 3. The van der Waals surface area contributed by atoms with E-state index in [2.05, 4.69) is 5.32 Å². The van der Waals surface area contributed by atoms with E-state index in [0.717, 1.165) is 0 Å². The van der Waals surface area contributed by atoms with Crippen molar-refractivity contribution < 1.29 is 27.4 Å². The number of halogens is 4. The zero-order chi connectivity index (χ0) is 15.7. The number of nitrogens with one attached hydrogen (secondary N) is 1. The van der Waals surface area contributed by atoms with Crippen molar-refractivity contribution in [1.29, 1.82) is 0 Å². The van der Waals surface area contributed by atoms with Crippen molar-refractivity contribution in [2.45, 2.75) is 31.5 Å². The van der Waals surface area contributed by atoms with Crippen LogP contribution in [0.1, 0.15) is 19.3 Å². The highest BCUT2D eigenvalue weighted by Gasteiger charge is 2.25. The predicted molar refractivity (Wildman–Crippen MR) is 70.7 cm³/mol. The fraction of sp³-hybridized carbons (Fsp3) is 0.571. The van der Waals surface area contributed by atoms with Crippen molar-refractivity contribution in [3.63, 3.8) is 0 Å². The van der Waals surface area contributed by atoms with Gasteiger partial charge in [-0.3, -0.25) is 0 Å². The van der Waals surface area contributed by atoms with Gasteiger partial charge in [-0.1, -0.05) is 0 Å². The lowest BCUT2D eigenvalue weighted by molar-refractivity contribution is -0.135. The van der Waals surface area contributed by atoms with Gasteiger partial charge in [0.2, 0.25) is 0 Å². The average Bonchev–Trinajstić information content (AvgIpc) is 2.41. The zero-order valence-corrected chi connectivity index (χ0v) is 11.5. The quantitative estimate of drug-likeness (QED) is 0.544. The summed E-state index contributed by atoms with van der Waals surface area (Å²) >= 11 is 0. The number of aliphatic hydroxyl groups excluding tert-OH is 1. The van der Waals surface area contributed by atoms with Crippen LogP contribution in [0.3, 0.4) is 0 Å². The minimum absolute atomic E-state index is 0.0290. The lowest BCUT2D eigenvalue weighted by Crippen LogP contribution is -2.32. The molecule has 7 heteroatoms. The average molecular weight is 309 g/mol. The third-order valence-electron chi connectivity index (χ3n) is 2.70. The van der Waals surface area contributed by atoms with Crippen LogP contribution < -0.4 is 10.1 Å². The van der Waals surface area contributed by atoms with E-state index < -0.39 is 18.7 Å². The second-order valence-electron chi connectivity index (χ2n) is 4.70. The maximum atomic E-state index is 12.6. The van der Waals surface area contributed by atoms with Crippen LogP contribution in [-0.4, -0.2) is 37.1 Å². The van der Waals surface area contributed by atoms with Crippen molar-refractivity contribution in [1.82, 2.24) is 5.32 Å². The second kappa shape index (κ2) is 8.84. The van der Waals surface area contributed by atoms with Gasteiger partial charge in [0, 0.05) is 13.0 Å². The fourth-order valence-corrected chi connectivity index (χ4v) is 1.63. The predicted octanol–water partition coefficient (Wildman–Crippen LogP) is 2.89. The number of alkyl halides is 3. The summed E-state index contributed by atoms with van der Waals surface area (Å²) in [5, 5.41) is 12.5. The smallest absolute Gasteiger partial charge is 0.389 e. The van der Waals surface area contributed by atoms with Crippen molar-refractivity contribution in [2.75, 3.05) is 19.7 Å². The van der Waals surface area contributed by atoms with Crippen molar-refractivity contribution in [3.05, 3.63) is 30.1 Å². The van der Waals surface area contributed by atoms with E-state index in [4.69, 9.17) is 4.74 Å². The molecule has 0 saturated heterocycles. The molecule has 0 aliphatic heterocycles. The molecular formula is C14H19F4NO2. The lowest BCUT2D eigenvalue weighted by Gasteiger charge is -2.13. The highest BCUT2D eigenvalue weighted by atomic mass is 19.4. The van der Waals surface area contributed by atoms with Gasteiger partial charge in [-0.05, 0) is 43.7 Å². The zero-order valence-electron chi connectivity index (χ0n) is 11.5. The van der Waals surface area contributed by atoms with Gasteiger partial charge < -0.3 is 15.2 Å². The molecule has 0 saturated carbocycles. The molecule has 0 radical (unpaired) electrons. The Labute approximate surface area is 120 Å². The Bertz CT molecular complexity index is 395. The molecule has 0 spiro atoms. The Morgan fingerprint density at radius 1 is 1.14 bits per heavy atom. The molecule has 0 aliphatic carbocycles. The highest BCUT2D eigenvalue weighted by molar-refractivity contribution is 5.22. The van der Waals surface area contributed by atoms with E-state index in [-0.39, 0.29) is 25.4 Å². The number of ether oxygens (including phenoxy) is 1. The van der Waals surface area contributed by atoms with E-state index >= 15 is 0 Å². The van der Waals surface area contributed by atoms with Gasteiger partial charge in [0.25, 0.3) is 0 Å². The summed E-state index contributed by atoms with van der Waals surface area (Å²) in [6.07, 6.45) is -5.21. The normalized spacial score (nSPS) is 13.2. The molecule has 21 heavy (non-hydrogen) atoms. The van der Waals surface area contributed by atoms with Gasteiger partial charge in [-0.15, -0.1) is 0 Å². The summed E-state index contributed by atoms with van der Waals surface area (Å²) < 4.78 is 53.5. The van der Waals surface area contributed by atoms with E-state index in [1.54, 1.807) is 0 Å². The third-order valence-corrected chi connectivity index (χ3v) is 2.70. The van der Waals surface area contributed by atoms with E-state index in [1.807, 2.05) is 0 Å². The number of unbranched alkanes of at least 4 members (excludes halogenated alkanes) is 1. The summed E-state index contributed by atoms with van der Waals surface area (Å²) in [6, 6.07) is 5.40. The Hall–Kier alpha value is -1.34. The highest BCUT2D eigenvalue weighted by Crippen LogP contribution is 2.21. The monoisotopic (exact) mass is 309 g/mol. The fourth-order valence-electron chi connectivity index (χ4n) is 1.63. The first-order chi connectivity index (χ1) is 9.87. The largest absolute Gasteiger partial charge is 0.491 e. The maximum Gasteiger partial charge on any atom is 0.389 e. The Morgan fingerprint density at radius 2 is 1.81 bits per heavy atom. The Balaban J connectivity index is 2.03. The molecule has 0 heterocycles. The Kier molecular flexibility index (Phi) is 7.45. The molecule has 0 aliphatic rings. The van der Waals surface area contributed by atoms with Gasteiger partial charge in [0.1, 0.15) is 24.3 Å². The van der Waals surface area contributed by atoms with Crippen LogP contribution in [0.4, 0.5) is 17.6 Å². The van der Waals surface area contributed by atoms with Gasteiger partial charge in [0.15, 0.2) is 0 Å². The SMILES string of the molecule is OC(CNCCCCC(F)(F)F)COc1ccc(F)cc1. The molecule has 120 valence electrons. The maximum absolute atomic E-state index is 12.6. The first-order valence-corrected chi connectivity index (χ1v) is 6.71. The van der Waals surface area contributed by atoms with Gasteiger partial charge in [0.05, 0.1) is 0 Å². The van der Waals surface area contributed by atoms with Gasteiger partial charge >= 0.3 is 6.18 Å². The standard InChI is InChI=1S/C14H19F4NO2/c15-11-3-5-13(6-4-11)21-10-12(20)9-19-8-2-1-7-14(16,17)18/h3-6,12,19-20H,1-2,7-10H2. The molecule has 0 amide bonds. The van der Waals surface area contributed by atoms with Crippen LogP contribution in [0.15, 0.2) is 24.3 Å². The topological polar surface area (TPSA) is 41.5 Å². The summed E-state index contributed by atoms with van der Waals surface area (Å²) in [5.74, 6) is 0.0732. The minimum Gasteiger partial charge on any atom is -0.491 e. The van der Waals surface area contributed by atoms with Crippen molar-refractivity contribution in [3.8, 4) is 5.75 Å². The summed E-state index contributed by atoms with van der Waals surface area (Å²) in [6.45, 7) is 0.665. The molecule has 0 bridgehead atoms. The van der Waals surface area contributed by atoms with Crippen molar-refractivity contribution in [2.24, 2.45) is 0 Å². The van der Waals surface area contributed by atoms with Gasteiger partial charge in [-0.2, -0.15) is 13.2 Å². The molecule has 2 N–H and O–H groups in total. The van der Waals surface area contributed by atoms with Crippen LogP contribution in [0.2, 0.25) is 0 Å². The van der Waals surface area contributed by atoms with E-state index in [1.165, 1.54) is 24.3 Å². The number of aliphatic hydroxyl groups is 1. The third kappa shape index (κ3) is 9.25. The van der Waals surface area contributed by atoms with E-state index in [9.17, 15) is 22.7 Å². The first kappa shape index (κ1) is 17.7. The molecule has 1 atom stereocenters. The second-order valence-corrected chi connectivity index (χ2v) is 4.70. The number of benzene rings is 1. The van der Waals surface area contributed by atoms with Crippen molar-refractivity contribution >= 4 is 0 Å². The van der Waals surface area contributed by atoms with E-state index in [0.29, 0.717) is 18.7 Å². The molecule has 0 aromatic heterocycles. The molecular weight excluding hydrogens is 290 g/mol. The van der Waals surface area contributed by atoms with Crippen LogP contribution in [0, 0.1) is 5.82 Å². The molecule has 1 aromatic carbocycles. The number of hydrogen-bond donors (Lipinski definition) is 2. The summed E-state index contributed by atoms with van der Waals surface area (Å²) in [5.41, 5.74) is 0. The minimum atomic E-state index is -4.11. The molecule has 0 fully saturated rings.